The van der Waals surface area contributed by atoms with Crippen LogP contribution in [-0.2, 0) is 0 Å². The van der Waals surface area contributed by atoms with Gasteiger partial charge in [0.05, 0.1) is 19.2 Å². The summed E-state index contributed by atoms with van der Waals surface area (Å²) in [7, 11) is 5.23. The third kappa shape index (κ3) is 3.54. The van der Waals surface area contributed by atoms with E-state index in [0.29, 0.717) is 22.6 Å². The lowest BCUT2D eigenvalue weighted by molar-refractivity contribution is 0.354. The van der Waals surface area contributed by atoms with Crippen molar-refractivity contribution in [2.45, 2.75) is 31.7 Å². The third-order valence-corrected chi connectivity index (χ3v) is 4.05. The lowest BCUT2D eigenvalue weighted by Gasteiger charge is -2.19. The molecule has 1 saturated carbocycles. The van der Waals surface area contributed by atoms with Crippen molar-refractivity contribution in [3.05, 3.63) is 22.7 Å². The Morgan fingerprint density at radius 2 is 2.05 bits per heavy atom. The van der Waals surface area contributed by atoms with Crippen molar-refractivity contribution in [2.75, 3.05) is 21.3 Å². The molecule has 0 bridgehead atoms. The van der Waals surface area contributed by atoms with Crippen LogP contribution in [0.5, 0.6) is 11.5 Å². The van der Waals surface area contributed by atoms with Crippen molar-refractivity contribution in [1.82, 2.24) is 5.32 Å². The minimum Gasteiger partial charge on any atom is -0.493 e. The first-order valence-corrected chi connectivity index (χ1v) is 7.16. The van der Waals surface area contributed by atoms with E-state index in [0.717, 1.165) is 17.9 Å². The summed E-state index contributed by atoms with van der Waals surface area (Å²) < 4.78 is 10.6. The van der Waals surface area contributed by atoms with E-state index in [1.165, 1.54) is 19.3 Å². The first-order valence-electron chi connectivity index (χ1n) is 6.78. The van der Waals surface area contributed by atoms with Crippen LogP contribution in [-0.4, -0.2) is 21.3 Å². The van der Waals surface area contributed by atoms with Crippen molar-refractivity contribution < 1.29 is 9.47 Å². The van der Waals surface area contributed by atoms with Gasteiger partial charge in [0, 0.05) is 6.04 Å². The molecule has 0 spiro atoms. The monoisotopic (exact) mass is 283 g/mol. The molecule has 1 aliphatic carbocycles. The molecule has 0 amide bonds. The summed E-state index contributed by atoms with van der Waals surface area (Å²) in [4.78, 5) is 0. The largest absolute Gasteiger partial charge is 0.493 e. The SMILES string of the molecule is CNC(CCC1CC1)c1cc(Cl)c(OC)c(OC)c1. The summed E-state index contributed by atoms with van der Waals surface area (Å²) >= 11 is 6.26. The molecule has 0 heterocycles. The standard InChI is InChI=1S/C15H22ClNO2/c1-17-13(7-6-10-4-5-10)11-8-12(16)15(19-3)14(9-11)18-2/h8-10,13,17H,4-7H2,1-3H3. The fourth-order valence-corrected chi connectivity index (χ4v) is 2.72. The summed E-state index contributed by atoms with van der Waals surface area (Å²) in [5.41, 5.74) is 1.16. The third-order valence-electron chi connectivity index (χ3n) is 3.77. The number of hydrogen-bond donors (Lipinski definition) is 1. The zero-order valence-corrected chi connectivity index (χ0v) is 12.6. The quantitative estimate of drug-likeness (QED) is 0.825. The minimum absolute atomic E-state index is 0.318. The molecule has 1 atom stereocenters. The van der Waals surface area contributed by atoms with Gasteiger partial charge in [-0.1, -0.05) is 24.4 Å². The summed E-state index contributed by atoms with van der Waals surface area (Å²) in [6.45, 7) is 0. The van der Waals surface area contributed by atoms with Gasteiger partial charge in [-0.05, 0) is 43.5 Å². The van der Waals surface area contributed by atoms with Crippen molar-refractivity contribution in [2.24, 2.45) is 5.92 Å². The molecule has 1 N–H and O–H groups in total. The van der Waals surface area contributed by atoms with E-state index in [9.17, 15) is 0 Å². The average molecular weight is 284 g/mol. The van der Waals surface area contributed by atoms with Gasteiger partial charge in [-0.25, -0.2) is 0 Å². The summed E-state index contributed by atoms with van der Waals surface area (Å²) in [6.07, 6.45) is 5.19. The van der Waals surface area contributed by atoms with Gasteiger partial charge in [-0.3, -0.25) is 0 Å². The Kier molecular flexibility index (Phi) is 4.94. The van der Waals surface area contributed by atoms with Crippen LogP contribution in [0.2, 0.25) is 5.02 Å². The fraction of sp³-hybridized carbons (Fsp3) is 0.600. The Morgan fingerprint density at radius 1 is 1.32 bits per heavy atom. The van der Waals surface area contributed by atoms with Gasteiger partial charge in [0.15, 0.2) is 11.5 Å². The molecule has 3 nitrogen and oxygen atoms in total. The first-order chi connectivity index (χ1) is 9.19. The number of hydrogen-bond acceptors (Lipinski definition) is 3. The maximum atomic E-state index is 6.26. The molecule has 1 aromatic rings. The zero-order valence-electron chi connectivity index (χ0n) is 11.8. The van der Waals surface area contributed by atoms with Crippen LogP contribution in [0.15, 0.2) is 12.1 Å². The summed E-state index contributed by atoms with van der Waals surface area (Å²) in [5.74, 6) is 2.23. The highest BCUT2D eigenvalue weighted by atomic mass is 35.5. The molecule has 1 aliphatic rings. The molecule has 0 aliphatic heterocycles. The maximum Gasteiger partial charge on any atom is 0.179 e. The van der Waals surface area contributed by atoms with E-state index in [4.69, 9.17) is 21.1 Å². The Morgan fingerprint density at radius 3 is 2.58 bits per heavy atom. The number of halogens is 1. The molecule has 1 fully saturated rings. The molecule has 0 aromatic heterocycles. The van der Waals surface area contributed by atoms with E-state index in [-0.39, 0.29) is 0 Å². The van der Waals surface area contributed by atoms with E-state index < -0.39 is 0 Å². The van der Waals surface area contributed by atoms with Gasteiger partial charge in [0.2, 0.25) is 0 Å². The zero-order chi connectivity index (χ0) is 13.8. The van der Waals surface area contributed by atoms with E-state index in [1.807, 2.05) is 19.2 Å². The van der Waals surface area contributed by atoms with E-state index in [2.05, 4.69) is 5.32 Å². The second-order valence-electron chi connectivity index (χ2n) is 5.10. The van der Waals surface area contributed by atoms with Crippen LogP contribution in [0.1, 0.15) is 37.3 Å². The number of ether oxygens (including phenoxy) is 2. The molecule has 0 radical (unpaired) electrons. The summed E-state index contributed by atoms with van der Waals surface area (Å²) in [5, 5.41) is 3.96. The number of nitrogens with one attached hydrogen (secondary N) is 1. The molecular formula is C15H22ClNO2. The van der Waals surface area contributed by atoms with E-state index in [1.54, 1.807) is 14.2 Å². The second-order valence-corrected chi connectivity index (χ2v) is 5.51. The highest BCUT2D eigenvalue weighted by molar-refractivity contribution is 6.32. The topological polar surface area (TPSA) is 30.5 Å². The van der Waals surface area contributed by atoms with Gasteiger partial charge >= 0.3 is 0 Å². The predicted octanol–water partition coefficient (Wildman–Crippen LogP) is 3.81. The van der Waals surface area contributed by atoms with Gasteiger partial charge < -0.3 is 14.8 Å². The lowest BCUT2D eigenvalue weighted by Crippen LogP contribution is -2.16. The van der Waals surface area contributed by atoms with E-state index >= 15 is 0 Å². The molecule has 1 unspecified atom stereocenters. The van der Waals surface area contributed by atoms with Gasteiger partial charge in [-0.15, -0.1) is 0 Å². The number of rotatable bonds is 7. The lowest BCUT2D eigenvalue weighted by atomic mass is 10.00. The Labute approximate surface area is 120 Å². The van der Waals surface area contributed by atoms with Crippen molar-refractivity contribution in [1.29, 1.82) is 0 Å². The molecular weight excluding hydrogens is 262 g/mol. The van der Waals surface area contributed by atoms with Crippen LogP contribution < -0.4 is 14.8 Å². The Hall–Kier alpha value is -0.930. The molecule has 4 heteroatoms. The summed E-state index contributed by atoms with van der Waals surface area (Å²) in [6, 6.07) is 4.30. The van der Waals surface area contributed by atoms with Gasteiger partial charge in [0.25, 0.3) is 0 Å². The smallest absolute Gasteiger partial charge is 0.179 e. The van der Waals surface area contributed by atoms with Crippen LogP contribution in [0, 0.1) is 5.92 Å². The molecule has 106 valence electrons. The molecule has 19 heavy (non-hydrogen) atoms. The molecule has 0 saturated heterocycles. The van der Waals surface area contributed by atoms with Crippen LogP contribution in [0.25, 0.3) is 0 Å². The number of benzene rings is 1. The average Bonchev–Trinajstić information content (AvgIpc) is 3.22. The predicted molar refractivity (Wildman–Crippen MR) is 78.3 cm³/mol. The van der Waals surface area contributed by atoms with Gasteiger partial charge in [-0.2, -0.15) is 0 Å². The van der Waals surface area contributed by atoms with Crippen LogP contribution >= 0.6 is 11.6 Å². The number of methoxy groups -OCH3 is 2. The normalized spacial score (nSPS) is 16.2. The molecule has 1 aromatic carbocycles. The Bertz CT molecular complexity index is 432. The van der Waals surface area contributed by atoms with Crippen LogP contribution in [0.4, 0.5) is 0 Å². The minimum atomic E-state index is 0.318. The maximum absolute atomic E-state index is 6.26. The second kappa shape index (κ2) is 6.49. The van der Waals surface area contributed by atoms with Crippen LogP contribution in [0.3, 0.4) is 0 Å². The van der Waals surface area contributed by atoms with Gasteiger partial charge in [0.1, 0.15) is 0 Å². The molecule has 2 rings (SSSR count). The highest BCUT2D eigenvalue weighted by Crippen LogP contribution is 2.40. The highest BCUT2D eigenvalue weighted by Gasteiger charge is 2.23. The van der Waals surface area contributed by atoms with Crippen molar-refractivity contribution in [3.63, 3.8) is 0 Å². The van der Waals surface area contributed by atoms with Crippen molar-refractivity contribution in [3.8, 4) is 11.5 Å². The first kappa shape index (κ1) is 14.5. The Balaban J connectivity index is 2.18. The fourth-order valence-electron chi connectivity index (χ4n) is 2.43. The van der Waals surface area contributed by atoms with Crippen molar-refractivity contribution >= 4 is 11.6 Å².